The van der Waals surface area contributed by atoms with Gasteiger partial charge in [0.15, 0.2) is 3.77 Å². The topological polar surface area (TPSA) is 45.4 Å². The molecular weight excluding hydrogens is 233 g/mol. The van der Waals surface area contributed by atoms with Crippen LogP contribution in [0, 0.1) is 3.77 Å². The minimum Gasteiger partial charge on any atom is -0.454 e. The van der Waals surface area contributed by atoms with Crippen LogP contribution in [0.2, 0.25) is 0 Å². The molecule has 0 bridgehead atoms. The fourth-order valence-electron chi connectivity index (χ4n) is 0.525. The summed E-state index contributed by atoms with van der Waals surface area (Å²) in [5.41, 5.74) is 2.00. The summed E-state index contributed by atoms with van der Waals surface area (Å²) in [6.07, 6.45) is 0. The largest absolute Gasteiger partial charge is 0.454 e. The van der Waals surface area contributed by atoms with E-state index in [1.165, 1.54) is 0 Å². The Morgan fingerprint density at radius 2 is 2.44 bits per heavy atom. The molecule has 1 aromatic rings. The molecule has 50 valence electrons. The van der Waals surface area contributed by atoms with Gasteiger partial charge in [-0.15, -0.1) is 0 Å². The van der Waals surface area contributed by atoms with Gasteiger partial charge in [-0.1, -0.05) is 0 Å². The van der Waals surface area contributed by atoms with Gasteiger partial charge in [0.05, 0.1) is 6.54 Å². The van der Waals surface area contributed by atoms with Crippen LogP contribution >= 0.6 is 22.6 Å². The third kappa shape index (κ3) is 1.96. The van der Waals surface area contributed by atoms with Crippen LogP contribution in [0.4, 0.5) is 0 Å². The molecule has 0 aromatic carbocycles. The summed E-state index contributed by atoms with van der Waals surface area (Å²) in [5.74, 6) is 0.738. The Morgan fingerprint density at radius 3 is 2.89 bits per heavy atom. The first-order valence-corrected chi connectivity index (χ1v) is 3.52. The number of nitrogens with one attached hydrogen (secondary N) is 1. The highest BCUT2D eigenvalue weighted by Crippen LogP contribution is 2.08. The lowest BCUT2D eigenvalue weighted by atomic mass is 10.5. The zero-order chi connectivity index (χ0) is 6.69. The van der Waals surface area contributed by atoms with E-state index in [2.05, 4.69) is 22.6 Å². The number of hydroxylamine groups is 1. The van der Waals surface area contributed by atoms with Crippen molar-refractivity contribution in [3.63, 3.8) is 0 Å². The van der Waals surface area contributed by atoms with E-state index in [4.69, 9.17) is 9.62 Å². The standard InChI is InChI=1S/C5H6INO2/c6-5-2-1-4(9-5)3-7-8/h1-2,7-8H,3H2. The van der Waals surface area contributed by atoms with Gasteiger partial charge in [0.2, 0.25) is 0 Å². The van der Waals surface area contributed by atoms with E-state index in [0.29, 0.717) is 6.54 Å². The Balaban J connectivity index is 2.61. The minimum atomic E-state index is 0.364. The van der Waals surface area contributed by atoms with E-state index in [1.54, 1.807) is 0 Å². The maximum atomic E-state index is 8.22. The van der Waals surface area contributed by atoms with Gasteiger partial charge in [0.25, 0.3) is 0 Å². The Kier molecular flexibility index (Phi) is 2.49. The summed E-state index contributed by atoms with van der Waals surface area (Å²) in [4.78, 5) is 0. The molecule has 0 amide bonds. The van der Waals surface area contributed by atoms with Crippen LogP contribution in [0.5, 0.6) is 0 Å². The highest BCUT2D eigenvalue weighted by molar-refractivity contribution is 14.1. The molecule has 3 nitrogen and oxygen atoms in total. The molecule has 1 rings (SSSR count). The van der Waals surface area contributed by atoms with Crippen LogP contribution in [0.25, 0.3) is 0 Å². The number of halogens is 1. The van der Waals surface area contributed by atoms with Crippen molar-refractivity contribution in [2.45, 2.75) is 6.54 Å². The van der Waals surface area contributed by atoms with Crippen LogP contribution in [-0.2, 0) is 6.54 Å². The second kappa shape index (κ2) is 3.19. The molecule has 0 aliphatic heterocycles. The van der Waals surface area contributed by atoms with Crippen LogP contribution in [0.3, 0.4) is 0 Å². The quantitative estimate of drug-likeness (QED) is 0.605. The second-order valence-corrected chi connectivity index (χ2v) is 2.60. The summed E-state index contributed by atoms with van der Waals surface area (Å²) in [6, 6.07) is 3.65. The van der Waals surface area contributed by atoms with E-state index in [-0.39, 0.29) is 0 Å². The minimum absolute atomic E-state index is 0.364. The van der Waals surface area contributed by atoms with Crippen molar-refractivity contribution in [2.75, 3.05) is 0 Å². The Hall–Kier alpha value is -0.0700. The van der Waals surface area contributed by atoms with Gasteiger partial charge in [0.1, 0.15) is 5.76 Å². The van der Waals surface area contributed by atoms with Crippen LogP contribution in [0.1, 0.15) is 5.76 Å². The average molecular weight is 239 g/mol. The molecule has 4 heteroatoms. The van der Waals surface area contributed by atoms with Crippen molar-refractivity contribution in [1.82, 2.24) is 5.48 Å². The number of rotatable bonds is 2. The van der Waals surface area contributed by atoms with E-state index in [0.717, 1.165) is 9.53 Å². The van der Waals surface area contributed by atoms with Gasteiger partial charge in [-0.25, -0.2) is 0 Å². The molecule has 0 saturated carbocycles. The number of hydrogen-bond acceptors (Lipinski definition) is 3. The van der Waals surface area contributed by atoms with Crippen molar-refractivity contribution in [3.8, 4) is 0 Å². The third-order valence-corrected chi connectivity index (χ3v) is 1.46. The van der Waals surface area contributed by atoms with Crippen LogP contribution < -0.4 is 5.48 Å². The first-order valence-electron chi connectivity index (χ1n) is 2.44. The molecule has 1 heterocycles. The fourth-order valence-corrected chi connectivity index (χ4v) is 0.987. The molecule has 9 heavy (non-hydrogen) atoms. The van der Waals surface area contributed by atoms with Gasteiger partial charge in [-0.05, 0) is 34.7 Å². The maximum Gasteiger partial charge on any atom is 0.164 e. The van der Waals surface area contributed by atoms with Crippen molar-refractivity contribution >= 4 is 22.6 Å². The normalized spacial score (nSPS) is 10.0. The maximum absolute atomic E-state index is 8.22. The molecule has 0 atom stereocenters. The van der Waals surface area contributed by atoms with Gasteiger partial charge < -0.3 is 9.62 Å². The van der Waals surface area contributed by atoms with Gasteiger partial charge in [-0.3, -0.25) is 0 Å². The average Bonchev–Trinajstić information content (AvgIpc) is 2.17. The predicted molar refractivity (Wildman–Crippen MR) is 40.1 cm³/mol. The molecular formula is C5H6INO2. The van der Waals surface area contributed by atoms with Gasteiger partial charge in [0, 0.05) is 0 Å². The molecule has 0 spiro atoms. The van der Waals surface area contributed by atoms with E-state index in [1.807, 2.05) is 17.6 Å². The molecule has 0 fully saturated rings. The van der Waals surface area contributed by atoms with Gasteiger partial charge in [-0.2, -0.15) is 5.48 Å². The van der Waals surface area contributed by atoms with Crippen molar-refractivity contribution in [3.05, 3.63) is 21.7 Å². The summed E-state index contributed by atoms with van der Waals surface area (Å²) >= 11 is 2.06. The lowest BCUT2D eigenvalue weighted by Gasteiger charge is -1.89. The second-order valence-electron chi connectivity index (χ2n) is 1.54. The molecule has 1 aromatic heterocycles. The Labute approximate surface area is 66.2 Å². The van der Waals surface area contributed by atoms with Gasteiger partial charge >= 0.3 is 0 Å². The Bertz CT molecular complexity index is 187. The SMILES string of the molecule is ONCc1ccc(I)o1. The molecule has 0 aliphatic rings. The first-order chi connectivity index (χ1) is 4.33. The summed E-state index contributed by atoms with van der Waals surface area (Å²) < 4.78 is 5.92. The molecule has 0 saturated heterocycles. The monoisotopic (exact) mass is 239 g/mol. The molecule has 0 unspecified atom stereocenters. The molecule has 0 aliphatic carbocycles. The summed E-state index contributed by atoms with van der Waals surface area (Å²) in [7, 11) is 0. The number of hydrogen-bond donors (Lipinski definition) is 2. The Morgan fingerprint density at radius 1 is 1.67 bits per heavy atom. The van der Waals surface area contributed by atoms with Crippen LogP contribution in [0.15, 0.2) is 16.5 Å². The van der Waals surface area contributed by atoms with E-state index < -0.39 is 0 Å². The predicted octanol–water partition coefficient (Wildman–Crippen LogP) is 1.36. The molecule has 0 radical (unpaired) electrons. The lowest BCUT2D eigenvalue weighted by Crippen LogP contribution is -2.04. The fraction of sp³-hybridized carbons (Fsp3) is 0.200. The first kappa shape index (κ1) is 7.04. The highest BCUT2D eigenvalue weighted by Gasteiger charge is 1.95. The zero-order valence-electron chi connectivity index (χ0n) is 4.60. The van der Waals surface area contributed by atoms with E-state index >= 15 is 0 Å². The summed E-state index contributed by atoms with van der Waals surface area (Å²) in [6.45, 7) is 0.364. The van der Waals surface area contributed by atoms with Crippen molar-refractivity contribution in [1.29, 1.82) is 0 Å². The summed E-state index contributed by atoms with van der Waals surface area (Å²) in [5, 5.41) is 8.22. The lowest BCUT2D eigenvalue weighted by molar-refractivity contribution is 0.153. The van der Waals surface area contributed by atoms with E-state index in [9.17, 15) is 0 Å². The third-order valence-electron chi connectivity index (χ3n) is 0.882. The smallest absolute Gasteiger partial charge is 0.164 e. The van der Waals surface area contributed by atoms with Crippen molar-refractivity contribution in [2.24, 2.45) is 0 Å². The zero-order valence-corrected chi connectivity index (χ0v) is 6.75. The molecule has 2 N–H and O–H groups in total. The van der Waals surface area contributed by atoms with Crippen LogP contribution in [-0.4, -0.2) is 5.21 Å². The highest BCUT2D eigenvalue weighted by atomic mass is 127. The van der Waals surface area contributed by atoms with Crippen molar-refractivity contribution < 1.29 is 9.62 Å². The number of furan rings is 1.